The third-order valence-corrected chi connectivity index (χ3v) is 3.11. The van der Waals surface area contributed by atoms with Crippen LogP contribution in [0.15, 0.2) is 12.2 Å². The van der Waals surface area contributed by atoms with E-state index < -0.39 is 17.8 Å². The molecule has 2 rings (SSSR count). The number of hydrogen-bond donors (Lipinski definition) is 2. The van der Waals surface area contributed by atoms with E-state index in [1.165, 1.54) is 7.11 Å². The first-order valence-corrected chi connectivity index (χ1v) is 4.86. The minimum atomic E-state index is -1.07. The standard InChI is InChI=1S/C10H16O4/c1-13-9-8(11)4-2-3-7-5-14-6-10(7,9)12/h2-3,7-9,11-12H,4-6H2,1H3/t7-,8+,9+,10+/m0/s1. The Labute approximate surface area is 83.1 Å². The van der Waals surface area contributed by atoms with Crippen molar-refractivity contribution in [3.8, 4) is 0 Å². The van der Waals surface area contributed by atoms with Gasteiger partial charge in [-0.2, -0.15) is 0 Å². The van der Waals surface area contributed by atoms with Crippen LogP contribution in [0.25, 0.3) is 0 Å². The summed E-state index contributed by atoms with van der Waals surface area (Å²) in [5, 5.41) is 20.1. The van der Waals surface area contributed by atoms with Crippen molar-refractivity contribution >= 4 is 0 Å². The van der Waals surface area contributed by atoms with Gasteiger partial charge in [-0.15, -0.1) is 0 Å². The fourth-order valence-electron chi connectivity index (χ4n) is 2.32. The number of hydrogen-bond acceptors (Lipinski definition) is 4. The predicted molar refractivity (Wildman–Crippen MR) is 49.8 cm³/mol. The van der Waals surface area contributed by atoms with E-state index in [-0.39, 0.29) is 12.5 Å². The fourth-order valence-corrected chi connectivity index (χ4v) is 2.32. The molecule has 0 radical (unpaired) electrons. The van der Waals surface area contributed by atoms with E-state index in [4.69, 9.17) is 9.47 Å². The van der Waals surface area contributed by atoms with E-state index in [1.807, 2.05) is 12.2 Å². The van der Waals surface area contributed by atoms with Gasteiger partial charge >= 0.3 is 0 Å². The molecule has 14 heavy (non-hydrogen) atoms. The molecule has 1 heterocycles. The van der Waals surface area contributed by atoms with Gasteiger partial charge in [0.1, 0.15) is 11.7 Å². The predicted octanol–water partition coefficient (Wildman–Crippen LogP) is -0.300. The van der Waals surface area contributed by atoms with Gasteiger partial charge in [0.05, 0.1) is 19.3 Å². The summed E-state index contributed by atoms with van der Waals surface area (Å²) in [6.45, 7) is 0.733. The molecule has 80 valence electrons. The molecule has 1 aliphatic carbocycles. The van der Waals surface area contributed by atoms with E-state index in [2.05, 4.69) is 0 Å². The van der Waals surface area contributed by atoms with Gasteiger partial charge in [0.25, 0.3) is 0 Å². The zero-order valence-corrected chi connectivity index (χ0v) is 8.22. The van der Waals surface area contributed by atoms with Crippen LogP contribution in [-0.2, 0) is 9.47 Å². The molecule has 0 amide bonds. The van der Waals surface area contributed by atoms with Crippen LogP contribution >= 0.6 is 0 Å². The van der Waals surface area contributed by atoms with Crippen molar-refractivity contribution in [2.45, 2.75) is 24.2 Å². The first-order chi connectivity index (χ1) is 6.68. The Hall–Kier alpha value is -0.420. The van der Waals surface area contributed by atoms with Crippen LogP contribution in [-0.4, -0.2) is 48.3 Å². The molecular formula is C10H16O4. The smallest absolute Gasteiger partial charge is 0.125 e. The number of ether oxygens (including phenoxy) is 2. The average Bonchev–Trinajstić information content (AvgIpc) is 2.45. The molecule has 1 saturated heterocycles. The Kier molecular flexibility index (Phi) is 2.62. The third-order valence-electron chi connectivity index (χ3n) is 3.11. The lowest BCUT2D eigenvalue weighted by molar-refractivity contribution is -0.147. The van der Waals surface area contributed by atoms with Gasteiger partial charge in [0.15, 0.2) is 0 Å². The molecule has 2 aliphatic rings. The van der Waals surface area contributed by atoms with Crippen LogP contribution in [0.3, 0.4) is 0 Å². The summed E-state index contributed by atoms with van der Waals surface area (Å²) in [6.07, 6.45) is 3.10. The molecule has 1 fully saturated rings. The highest BCUT2D eigenvalue weighted by molar-refractivity contribution is 5.12. The molecule has 0 aromatic heterocycles. The van der Waals surface area contributed by atoms with Crippen molar-refractivity contribution in [2.75, 3.05) is 20.3 Å². The number of methoxy groups -OCH3 is 1. The number of aliphatic hydroxyl groups is 2. The van der Waals surface area contributed by atoms with Gasteiger partial charge in [0, 0.05) is 13.0 Å². The van der Waals surface area contributed by atoms with E-state index in [0.717, 1.165) is 0 Å². The van der Waals surface area contributed by atoms with Crippen molar-refractivity contribution in [3.63, 3.8) is 0 Å². The average molecular weight is 200 g/mol. The Balaban J connectivity index is 2.29. The lowest BCUT2D eigenvalue weighted by Gasteiger charge is -2.34. The van der Waals surface area contributed by atoms with Crippen molar-refractivity contribution < 1.29 is 19.7 Å². The number of aliphatic hydroxyl groups excluding tert-OH is 1. The monoisotopic (exact) mass is 200 g/mol. The van der Waals surface area contributed by atoms with Gasteiger partial charge in [-0.1, -0.05) is 12.2 Å². The van der Waals surface area contributed by atoms with E-state index in [1.54, 1.807) is 0 Å². The van der Waals surface area contributed by atoms with Crippen molar-refractivity contribution in [1.82, 2.24) is 0 Å². The SMILES string of the molecule is CO[C@@H]1[C@H](O)CC=C[C@H]2COC[C@]12O. The summed E-state index contributed by atoms with van der Waals surface area (Å²) < 4.78 is 10.4. The second kappa shape index (κ2) is 3.62. The molecule has 0 spiro atoms. The summed E-state index contributed by atoms with van der Waals surface area (Å²) in [7, 11) is 1.51. The van der Waals surface area contributed by atoms with Crippen molar-refractivity contribution in [3.05, 3.63) is 12.2 Å². The molecule has 4 nitrogen and oxygen atoms in total. The lowest BCUT2D eigenvalue weighted by atomic mass is 9.84. The fraction of sp³-hybridized carbons (Fsp3) is 0.800. The van der Waals surface area contributed by atoms with Crippen molar-refractivity contribution in [2.24, 2.45) is 5.92 Å². The molecule has 0 saturated carbocycles. The van der Waals surface area contributed by atoms with Crippen LogP contribution < -0.4 is 0 Å². The summed E-state index contributed by atoms with van der Waals surface area (Å²) in [5.74, 6) is -0.0652. The summed E-state index contributed by atoms with van der Waals surface area (Å²) in [4.78, 5) is 0. The summed E-state index contributed by atoms with van der Waals surface area (Å²) >= 11 is 0. The normalized spacial score (nSPS) is 47.5. The van der Waals surface area contributed by atoms with Gasteiger partial charge < -0.3 is 19.7 Å². The molecule has 0 aromatic rings. The third kappa shape index (κ3) is 1.39. The van der Waals surface area contributed by atoms with E-state index in [0.29, 0.717) is 13.0 Å². The summed E-state index contributed by atoms with van der Waals surface area (Å²) in [6, 6.07) is 0. The zero-order chi connectivity index (χ0) is 10.2. The molecule has 0 unspecified atom stereocenters. The van der Waals surface area contributed by atoms with Crippen molar-refractivity contribution in [1.29, 1.82) is 0 Å². The maximum Gasteiger partial charge on any atom is 0.125 e. The number of rotatable bonds is 1. The highest BCUT2D eigenvalue weighted by Gasteiger charge is 2.51. The lowest BCUT2D eigenvalue weighted by Crippen LogP contribution is -2.53. The highest BCUT2D eigenvalue weighted by atomic mass is 16.5. The topological polar surface area (TPSA) is 58.9 Å². The number of fused-ring (bicyclic) bond motifs is 1. The minimum absolute atomic E-state index is 0.0652. The molecular weight excluding hydrogens is 184 g/mol. The molecule has 4 atom stereocenters. The highest BCUT2D eigenvalue weighted by Crippen LogP contribution is 2.35. The first-order valence-electron chi connectivity index (χ1n) is 4.86. The maximum absolute atomic E-state index is 10.4. The van der Waals surface area contributed by atoms with E-state index in [9.17, 15) is 10.2 Å². The van der Waals surface area contributed by atoms with Crippen LogP contribution in [0.5, 0.6) is 0 Å². The maximum atomic E-state index is 10.4. The van der Waals surface area contributed by atoms with E-state index >= 15 is 0 Å². The Bertz CT molecular complexity index is 240. The van der Waals surface area contributed by atoms with Gasteiger partial charge in [0.2, 0.25) is 0 Å². The van der Waals surface area contributed by atoms with Crippen LogP contribution in [0.4, 0.5) is 0 Å². The van der Waals surface area contributed by atoms with Crippen LogP contribution in [0.1, 0.15) is 6.42 Å². The second-order valence-corrected chi connectivity index (χ2v) is 4.00. The zero-order valence-electron chi connectivity index (χ0n) is 8.22. The Morgan fingerprint density at radius 2 is 2.36 bits per heavy atom. The van der Waals surface area contributed by atoms with Crippen LogP contribution in [0, 0.1) is 5.92 Å². The van der Waals surface area contributed by atoms with Gasteiger partial charge in [-0.25, -0.2) is 0 Å². The Morgan fingerprint density at radius 3 is 3.07 bits per heavy atom. The van der Waals surface area contributed by atoms with Crippen LogP contribution in [0.2, 0.25) is 0 Å². The molecule has 0 bridgehead atoms. The molecule has 1 aliphatic heterocycles. The molecule has 2 N–H and O–H groups in total. The quantitative estimate of drug-likeness (QED) is 0.570. The summed E-state index contributed by atoms with van der Waals surface area (Å²) in [5.41, 5.74) is -1.07. The Morgan fingerprint density at radius 1 is 1.57 bits per heavy atom. The van der Waals surface area contributed by atoms with Gasteiger partial charge in [-0.05, 0) is 6.42 Å². The molecule has 0 aromatic carbocycles. The minimum Gasteiger partial charge on any atom is -0.390 e. The molecule has 4 heteroatoms. The second-order valence-electron chi connectivity index (χ2n) is 4.00. The first kappa shape index (κ1) is 10.1. The van der Waals surface area contributed by atoms with Gasteiger partial charge in [-0.3, -0.25) is 0 Å². The largest absolute Gasteiger partial charge is 0.390 e.